The summed E-state index contributed by atoms with van der Waals surface area (Å²) in [4.78, 5) is 1.35. The lowest BCUT2D eigenvalue weighted by Crippen LogP contribution is -2.24. The number of nitrogens with zero attached hydrogens (tertiary/aromatic N) is 2. The van der Waals surface area contributed by atoms with Crippen molar-refractivity contribution in [3.05, 3.63) is 47.3 Å². The third-order valence-electron chi connectivity index (χ3n) is 3.77. The Morgan fingerprint density at radius 2 is 2.05 bits per heavy atom. The molecule has 1 unspecified atom stereocenters. The van der Waals surface area contributed by atoms with E-state index in [1.165, 1.54) is 21.8 Å². The quantitative estimate of drug-likeness (QED) is 0.793. The molecule has 0 aliphatic rings. The third-order valence-corrected chi connectivity index (χ3v) is 4.58. The highest BCUT2D eigenvalue weighted by atomic mass is 32.2. The molecule has 3 nitrogen and oxygen atoms in total. The second-order valence-corrected chi connectivity index (χ2v) is 6.01. The van der Waals surface area contributed by atoms with Crippen molar-refractivity contribution in [3.8, 4) is 0 Å². The highest BCUT2D eigenvalue weighted by Crippen LogP contribution is 2.28. The van der Waals surface area contributed by atoms with Gasteiger partial charge >= 0.3 is 0 Å². The number of likely N-dealkylation sites (N-methyl/N-ethyl adjacent to an activating group) is 1. The number of hydrogen-bond acceptors (Lipinski definition) is 3. The van der Waals surface area contributed by atoms with E-state index in [2.05, 4.69) is 60.9 Å². The van der Waals surface area contributed by atoms with Crippen LogP contribution in [0.4, 0.5) is 0 Å². The van der Waals surface area contributed by atoms with Crippen molar-refractivity contribution in [2.24, 2.45) is 7.05 Å². The van der Waals surface area contributed by atoms with Gasteiger partial charge in [0.15, 0.2) is 0 Å². The fourth-order valence-electron chi connectivity index (χ4n) is 2.64. The molecule has 1 heterocycles. The van der Waals surface area contributed by atoms with E-state index in [0.29, 0.717) is 6.04 Å². The van der Waals surface area contributed by atoms with Gasteiger partial charge < -0.3 is 5.32 Å². The van der Waals surface area contributed by atoms with Crippen molar-refractivity contribution in [2.45, 2.75) is 37.6 Å². The van der Waals surface area contributed by atoms with Crippen molar-refractivity contribution in [1.29, 1.82) is 0 Å². The zero-order valence-electron chi connectivity index (χ0n) is 13.4. The second kappa shape index (κ2) is 7.66. The van der Waals surface area contributed by atoms with E-state index in [9.17, 15) is 0 Å². The fourth-order valence-corrected chi connectivity index (χ4v) is 3.30. The normalized spacial score (nSPS) is 12.6. The molecule has 0 aliphatic carbocycles. The minimum absolute atomic E-state index is 0.332. The molecule has 0 aliphatic heterocycles. The van der Waals surface area contributed by atoms with Crippen molar-refractivity contribution >= 4 is 11.8 Å². The highest BCUT2D eigenvalue weighted by Gasteiger charge is 2.17. The van der Waals surface area contributed by atoms with E-state index in [-0.39, 0.29) is 0 Å². The SMILES string of the molecule is CCNC(Cc1cc(CC)nn1C)c1ccccc1SC. The van der Waals surface area contributed by atoms with Crippen LogP contribution in [0.3, 0.4) is 0 Å². The molecule has 0 amide bonds. The van der Waals surface area contributed by atoms with Gasteiger partial charge in [-0.05, 0) is 36.9 Å². The zero-order valence-corrected chi connectivity index (χ0v) is 14.2. The molecule has 1 atom stereocenters. The van der Waals surface area contributed by atoms with Gasteiger partial charge in [0, 0.05) is 30.1 Å². The maximum absolute atomic E-state index is 4.56. The van der Waals surface area contributed by atoms with Gasteiger partial charge in [-0.3, -0.25) is 4.68 Å². The molecular weight excluding hydrogens is 278 g/mol. The van der Waals surface area contributed by atoms with Gasteiger partial charge in [0.1, 0.15) is 0 Å². The maximum atomic E-state index is 4.56. The smallest absolute Gasteiger partial charge is 0.0624 e. The average molecular weight is 303 g/mol. The summed E-state index contributed by atoms with van der Waals surface area (Å²) in [6, 6.07) is 11.2. The Balaban J connectivity index is 2.28. The number of benzene rings is 1. The van der Waals surface area contributed by atoms with Crippen LogP contribution in [-0.4, -0.2) is 22.6 Å². The van der Waals surface area contributed by atoms with Gasteiger partial charge in [-0.15, -0.1) is 11.8 Å². The first-order valence-electron chi connectivity index (χ1n) is 7.57. The molecule has 0 spiro atoms. The predicted octanol–water partition coefficient (Wildman–Crippen LogP) is 3.60. The summed E-state index contributed by atoms with van der Waals surface area (Å²) in [5, 5.41) is 8.18. The van der Waals surface area contributed by atoms with Crippen LogP contribution in [-0.2, 0) is 19.9 Å². The summed E-state index contributed by atoms with van der Waals surface area (Å²) in [7, 11) is 2.04. The van der Waals surface area contributed by atoms with E-state index >= 15 is 0 Å². The molecular formula is C17H25N3S. The lowest BCUT2D eigenvalue weighted by Gasteiger charge is -2.21. The molecule has 2 aromatic rings. The molecule has 1 N–H and O–H groups in total. The first-order valence-corrected chi connectivity index (χ1v) is 8.80. The Morgan fingerprint density at radius 1 is 1.29 bits per heavy atom. The summed E-state index contributed by atoms with van der Waals surface area (Å²) < 4.78 is 2.02. The summed E-state index contributed by atoms with van der Waals surface area (Å²) in [6.07, 6.45) is 4.09. The molecule has 0 radical (unpaired) electrons. The number of aromatic nitrogens is 2. The van der Waals surface area contributed by atoms with E-state index in [1.807, 2.05) is 23.5 Å². The Kier molecular flexibility index (Phi) is 5.88. The maximum Gasteiger partial charge on any atom is 0.0624 e. The third kappa shape index (κ3) is 3.89. The van der Waals surface area contributed by atoms with E-state index < -0.39 is 0 Å². The van der Waals surface area contributed by atoms with E-state index in [0.717, 1.165) is 19.4 Å². The topological polar surface area (TPSA) is 29.9 Å². The molecule has 0 saturated heterocycles. The number of rotatable bonds is 7. The van der Waals surface area contributed by atoms with Crippen LogP contribution in [0.25, 0.3) is 0 Å². The number of nitrogens with one attached hydrogen (secondary N) is 1. The Morgan fingerprint density at radius 3 is 2.67 bits per heavy atom. The highest BCUT2D eigenvalue weighted by molar-refractivity contribution is 7.98. The minimum Gasteiger partial charge on any atom is -0.310 e. The van der Waals surface area contributed by atoms with Gasteiger partial charge in [-0.1, -0.05) is 32.0 Å². The lowest BCUT2D eigenvalue weighted by atomic mass is 10.0. The first kappa shape index (κ1) is 16.1. The molecule has 1 aromatic heterocycles. The second-order valence-electron chi connectivity index (χ2n) is 5.16. The van der Waals surface area contributed by atoms with Gasteiger partial charge in [0.05, 0.1) is 5.69 Å². The number of hydrogen-bond donors (Lipinski definition) is 1. The van der Waals surface area contributed by atoms with Crippen LogP contribution in [0.1, 0.15) is 36.8 Å². The van der Waals surface area contributed by atoms with E-state index in [1.54, 1.807) is 0 Å². The van der Waals surface area contributed by atoms with Gasteiger partial charge in [0.2, 0.25) is 0 Å². The molecule has 2 rings (SSSR count). The molecule has 1 aromatic carbocycles. The van der Waals surface area contributed by atoms with Crippen LogP contribution in [0.15, 0.2) is 35.2 Å². The fraction of sp³-hybridized carbons (Fsp3) is 0.471. The minimum atomic E-state index is 0.332. The van der Waals surface area contributed by atoms with Crippen LogP contribution in [0.2, 0.25) is 0 Å². The molecule has 0 bridgehead atoms. The monoisotopic (exact) mass is 303 g/mol. The standard InChI is InChI=1S/C17H25N3S/c1-5-13-11-14(20(3)19-13)12-16(18-6-2)15-9-7-8-10-17(15)21-4/h7-11,16,18H,5-6,12H2,1-4H3. The Labute approximate surface area is 132 Å². The Hall–Kier alpha value is -1.26. The van der Waals surface area contributed by atoms with Gasteiger partial charge in [-0.25, -0.2) is 0 Å². The molecule has 4 heteroatoms. The van der Waals surface area contributed by atoms with Crippen LogP contribution >= 0.6 is 11.8 Å². The molecule has 0 fully saturated rings. The summed E-state index contributed by atoms with van der Waals surface area (Å²) in [5.41, 5.74) is 3.83. The first-order chi connectivity index (χ1) is 10.2. The summed E-state index contributed by atoms with van der Waals surface area (Å²) in [5.74, 6) is 0. The molecule has 21 heavy (non-hydrogen) atoms. The van der Waals surface area contributed by atoms with Crippen LogP contribution < -0.4 is 5.32 Å². The molecule has 0 saturated carbocycles. The van der Waals surface area contributed by atoms with Crippen molar-refractivity contribution in [3.63, 3.8) is 0 Å². The van der Waals surface area contributed by atoms with Crippen molar-refractivity contribution in [2.75, 3.05) is 12.8 Å². The van der Waals surface area contributed by atoms with Gasteiger partial charge in [-0.2, -0.15) is 5.10 Å². The summed E-state index contributed by atoms with van der Waals surface area (Å²) in [6.45, 7) is 5.28. The van der Waals surface area contributed by atoms with Crippen LogP contribution in [0.5, 0.6) is 0 Å². The zero-order chi connectivity index (χ0) is 15.2. The largest absolute Gasteiger partial charge is 0.310 e. The molecule has 114 valence electrons. The van der Waals surface area contributed by atoms with Crippen LogP contribution in [0, 0.1) is 0 Å². The predicted molar refractivity (Wildman–Crippen MR) is 90.9 cm³/mol. The van der Waals surface area contributed by atoms with E-state index in [4.69, 9.17) is 0 Å². The summed E-state index contributed by atoms with van der Waals surface area (Å²) >= 11 is 1.81. The van der Waals surface area contributed by atoms with Crippen molar-refractivity contribution < 1.29 is 0 Å². The number of aryl methyl sites for hydroxylation is 2. The average Bonchev–Trinajstić information content (AvgIpc) is 2.87. The number of thioether (sulfide) groups is 1. The lowest BCUT2D eigenvalue weighted by molar-refractivity contribution is 0.522. The Bertz CT molecular complexity index is 577. The van der Waals surface area contributed by atoms with Crippen molar-refractivity contribution in [1.82, 2.24) is 15.1 Å². The van der Waals surface area contributed by atoms with Gasteiger partial charge in [0.25, 0.3) is 0 Å².